The molecule has 1 atom stereocenters. The quantitative estimate of drug-likeness (QED) is 0.502. The lowest BCUT2D eigenvalue weighted by atomic mass is 10.0. The van der Waals surface area contributed by atoms with Crippen LogP contribution in [0.2, 0.25) is 0 Å². The van der Waals surface area contributed by atoms with Crippen LogP contribution in [-0.4, -0.2) is 35.6 Å². The van der Waals surface area contributed by atoms with Crippen molar-refractivity contribution in [2.45, 2.75) is 46.1 Å². The topological polar surface area (TPSA) is 28.2 Å². The highest BCUT2D eigenvalue weighted by Crippen LogP contribution is 2.31. The van der Waals surface area contributed by atoms with Gasteiger partial charge >= 0.3 is 0 Å². The van der Waals surface area contributed by atoms with Crippen molar-refractivity contribution in [1.29, 1.82) is 0 Å². The summed E-state index contributed by atoms with van der Waals surface area (Å²) >= 11 is 0. The maximum Gasteiger partial charge on any atom is 0.0730 e. The van der Waals surface area contributed by atoms with Crippen molar-refractivity contribution in [3.63, 3.8) is 0 Å². The molecule has 3 rings (SSSR count). The number of nitrogens with zero attached hydrogens (tertiary/aromatic N) is 2. The van der Waals surface area contributed by atoms with E-state index in [1.807, 2.05) is 0 Å². The van der Waals surface area contributed by atoms with Gasteiger partial charge in [-0.15, -0.1) is 0 Å². The molecule has 0 aliphatic carbocycles. The van der Waals surface area contributed by atoms with Crippen molar-refractivity contribution in [2.24, 2.45) is 0 Å². The maximum atomic E-state index is 4.83. The second kappa shape index (κ2) is 9.00. The molecule has 1 heterocycles. The molecule has 138 valence electrons. The van der Waals surface area contributed by atoms with Gasteiger partial charge in [0.15, 0.2) is 0 Å². The van der Waals surface area contributed by atoms with Crippen LogP contribution in [0.4, 0.5) is 5.69 Å². The second-order valence-corrected chi connectivity index (χ2v) is 6.94. The van der Waals surface area contributed by atoms with Crippen molar-refractivity contribution < 1.29 is 0 Å². The zero-order valence-electron chi connectivity index (χ0n) is 16.3. The summed E-state index contributed by atoms with van der Waals surface area (Å²) < 4.78 is 0. The molecule has 3 heteroatoms. The molecule has 0 saturated heterocycles. The van der Waals surface area contributed by atoms with E-state index in [9.17, 15) is 0 Å². The van der Waals surface area contributed by atoms with Crippen LogP contribution in [0.1, 0.15) is 40.0 Å². The van der Waals surface area contributed by atoms with E-state index in [-0.39, 0.29) is 0 Å². The van der Waals surface area contributed by atoms with Gasteiger partial charge in [0.2, 0.25) is 0 Å². The number of hydrogen-bond acceptors (Lipinski definition) is 3. The summed E-state index contributed by atoms with van der Waals surface area (Å²) in [6, 6.07) is 17.4. The smallest absolute Gasteiger partial charge is 0.0730 e. The summed E-state index contributed by atoms with van der Waals surface area (Å²) in [5.74, 6) is 0. The molecular weight excluding hydrogens is 318 g/mol. The molecule has 0 bridgehead atoms. The van der Waals surface area contributed by atoms with Crippen molar-refractivity contribution in [3.8, 4) is 0 Å². The van der Waals surface area contributed by atoms with Crippen molar-refractivity contribution in [1.82, 2.24) is 9.88 Å². The average Bonchev–Trinajstić information content (AvgIpc) is 2.69. The van der Waals surface area contributed by atoms with Crippen LogP contribution < -0.4 is 5.32 Å². The molecule has 26 heavy (non-hydrogen) atoms. The Bertz CT molecular complexity index is 785. The van der Waals surface area contributed by atoms with Gasteiger partial charge in [-0.25, -0.2) is 4.98 Å². The van der Waals surface area contributed by atoms with Crippen LogP contribution in [-0.2, 0) is 0 Å². The minimum atomic E-state index is 0.486. The van der Waals surface area contributed by atoms with Crippen LogP contribution in [0.25, 0.3) is 21.8 Å². The van der Waals surface area contributed by atoms with Crippen molar-refractivity contribution >= 4 is 27.5 Å². The third kappa shape index (κ3) is 4.16. The van der Waals surface area contributed by atoms with Gasteiger partial charge in [-0.3, -0.25) is 0 Å². The summed E-state index contributed by atoms with van der Waals surface area (Å²) in [6.45, 7) is 10.2. The summed E-state index contributed by atoms with van der Waals surface area (Å²) in [7, 11) is 0. The molecular formula is C23H31N3. The van der Waals surface area contributed by atoms with Gasteiger partial charge in [-0.2, -0.15) is 0 Å². The first-order chi connectivity index (χ1) is 12.8. The first-order valence-corrected chi connectivity index (χ1v) is 10.0. The molecule has 1 N–H and O–H groups in total. The monoisotopic (exact) mass is 349 g/mol. The Kier molecular flexibility index (Phi) is 6.45. The molecule has 1 aromatic heterocycles. The van der Waals surface area contributed by atoms with Gasteiger partial charge in [-0.1, -0.05) is 57.2 Å². The minimum absolute atomic E-state index is 0.486. The van der Waals surface area contributed by atoms with Gasteiger partial charge in [0, 0.05) is 16.8 Å². The molecule has 3 nitrogen and oxygen atoms in total. The third-order valence-electron chi connectivity index (χ3n) is 5.35. The number of rotatable bonds is 9. The summed E-state index contributed by atoms with van der Waals surface area (Å²) in [5, 5.41) is 6.30. The van der Waals surface area contributed by atoms with Crippen molar-refractivity contribution in [3.05, 3.63) is 48.5 Å². The highest BCUT2D eigenvalue weighted by molar-refractivity contribution is 6.07. The van der Waals surface area contributed by atoms with Gasteiger partial charge in [0.25, 0.3) is 0 Å². The third-order valence-corrected chi connectivity index (χ3v) is 5.35. The molecule has 3 aromatic rings. The minimum Gasteiger partial charge on any atom is -0.381 e. The number of para-hydroxylation sites is 2. The number of pyridine rings is 1. The second-order valence-electron chi connectivity index (χ2n) is 6.94. The normalized spacial score (nSPS) is 12.8. The average molecular weight is 350 g/mol. The molecule has 0 aliphatic heterocycles. The Morgan fingerprint density at radius 3 is 2.00 bits per heavy atom. The standard InChI is InChI=1S/C23H31N3/c1-4-18(12-11-17-26(5-2)6-3)24-23-19-13-7-9-15-21(19)25-22-16-10-8-14-20(22)23/h7-10,13-16,18H,4-6,11-12,17H2,1-3H3,(H,24,25). The predicted octanol–water partition coefficient (Wildman–Crippen LogP) is 5.70. The van der Waals surface area contributed by atoms with E-state index in [1.165, 1.54) is 35.8 Å². The molecule has 1 unspecified atom stereocenters. The molecule has 0 amide bonds. The predicted molar refractivity (Wildman–Crippen MR) is 114 cm³/mol. The lowest BCUT2D eigenvalue weighted by molar-refractivity contribution is 0.294. The largest absolute Gasteiger partial charge is 0.381 e. The lowest BCUT2D eigenvalue weighted by Gasteiger charge is -2.23. The van der Waals surface area contributed by atoms with E-state index in [2.05, 4.69) is 79.5 Å². The highest BCUT2D eigenvalue weighted by Gasteiger charge is 2.13. The Balaban J connectivity index is 1.85. The Hall–Kier alpha value is -2.13. The fraction of sp³-hybridized carbons (Fsp3) is 0.435. The summed E-state index contributed by atoms with van der Waals surface area (Å²) in [5.41, 5.74) is 3.36. The number of hydrogen-bond donors (Lipinski definition) is 1. The van der Waals surface area contributed by atoms with E-state index in [4.69, 9.17) is 4.98 Å². The van der Waals surface area contributed by atoms with Crippen LogP contribution >= 0.6 is 0 Å². The van der Waals surface area contributed by atoms with E-state index in [1.54, 1.807) is 0 Å². The van der Waals surface area contributed by atoms with Crippen LogP contribution in [0.15, 0.2) is 48.5 Å². The van der Waals surface area contributed by atoms with E-state index in [0.29, 0.717) is 6.04 Å². The Labute approximate surface area is 157 Å². The fourth-order valence-electron chi connectivity index (χ4n) is 3.68. The van der Waals surface area contributed by atoms with Crippen LogP contribution in [0.3, 0.4) is 0 Å². The first kappa shape index (κ1) is 18.7. The number of aromatic nitrogens is 1. The molecule has 2 aromatic carbocycles. The zero-order valence-corrected chi connectivity index (χ0v) is 16.3. The van der Waals surface area contributed by atoms with Crippen LogP contribution in [0, 0.1) is 0 Å². The molecule has 0 spiro atoms. The molecule has 0 fully saturated rings. The zero-order chi connectivity index (χ0) is 18.4. The molecule has 0 radical (unpaired) electrons. The number of anilines is 1. The van der Waals surface area contributed by atoms with Crippen molar-refractivity contribution in [2.75, 3.05) is 25.0 Å². The Morgan fingerprint density at radius 2 is 1.46 bits per heavy atom. The van der Waals surface area contributed by atoms with E-state index >= 15 is 0 Å². The SMILES string of the molecule is CCC(CCCN(CC)CC)Nc1c2ccccc2nc2ccccc12. The number of nitrogens with one attached hydrogen (secondary N) is 1. The van der Waals surface area contributed by atoms with Gasteiger partial charge < -0.3 is 10.2 Å². The molecule has 0 aliphatic rings. The highest BCUT2D eigenvalue weighted by atomic mass is 15.1. The van der Waals surface area contributed by atoms with Gasteiger partial charge in [-0.05, 0) is 51.0 Å². The van der Waals surface area contributed by atoms with E-state index < -0.39 is 0 Å². The van der Waals surface area contributed by atoms with Gasteiger partial charge in [0.1, 0.15) is 0 Å². The van der Waals surface area contributed by atoms with Gasteiger partial charge in [0.05, 0.1) is 16.7 Å². The Morgan fingerprint density at radius 1 is 0.885 bits per heavy atom. The molecule has 0 saturated carbocycles. The van der Waals surface area contributed by atoms with E-state index in [0.717, 1.165) is 30.5 Å². The fourth-order valence-corrected chi connectivity index (χ4v) is 3.68. The summed E-state index contributed by atoms with van der Waals surface area (Å²) in [4.78, 5) is 7.34. The lowest BCUT2D eigenvalue weighted by Crippen LogP contribution is -2.26. The summed E-state index contributed by atoms with van der Waals surface area (Å²) in [6.07, 6.45) is 3.55. The number of benzene rings is 2. The maximum absolute atomic E-state index is 4.83. The number of fused-ring (bicyclic) bond motifs is 2. The van der Waals surface area contributed by atoms with Crippen LogP contribution in [0.5, 0.6) is 0 Å². The first-order valence-electron chi connectivity index (χ1n) is 10.0.